The van der Waals surface area contributed by atoms with Gasteiger partial charge in [-0.15, -0.1) is 0 Å². The fraction of sp³-hybridized carbons (Fsp3) is 0.538. The zero-order chi connectivity index (χ0) is 13.0. The third-order valence-electron chi connectivity index (χ3n) is 3.19. The van der Waals surface area contributed by atoms with Gasteiger partial charge in [0.1, 0.15) is 0 Å². The number of nitrogens with zero attached hydrogens (tertiary/aromatic N) is 2. The van der Waals surface area contributed by atoms with Gasteiger partial charge in [0, 0.05) is 40.1 Å². The molecule has 1 fully saturated rings. The molecule has 0 aromatic heterocycles. The molecule has 0 amide bonds. The molecule has 2 N–H and O–H groups in total. The molecule has 0 aliphatic carbocycles. The second kappa shape index (κ2) is 5.93. The van der Waals surface area contributed by atoms with Crippen LogP contribution in [-0.2, 0) is 11.2 Å². The maximum atomic E-state index is 11.5. The highest BCUT2D eigenvalue weighted by atomic mass is 16.5. The van der Waals surface area contributed by atoms with Gasteiger partial charge in [0.15, 0.2) is 7.05 Å². The van der Waals surface area contributed by atoms with E-state index in [0.29, 0.717) is 12.2 Å². The summed E-state index contributed by atoms with van der Waals surface area (Å²) in [5.74, 6) is 0. The van der Waals surface area contributed by atoms with Gasteiger partial charge in [0.2, 0.25) is 0 Å². The molecule has 1 aliphatic rings. The fourth-order valence-electron chi connectivity index (χ4n) is 2.25. The molecule has 1 aromatic rings. The summed E-state index contributed by atoms with van der Waals surface area (Å²) in [7, 11) is 1.52. The monoisotopic (exact) mass is 250 g/mol. The number of rotatable bonds is 4. The summed E-state index contributed by atoms with van der Waals surface area (Å²) in [4.78, 5) is 13.7. The summed E-state index contributed by atoms with van der Waals surface area (Å²) >= 11 is 0. The standard InChI is InChI=1S/C13H20N3O2/c1-15(17)13-3-2-12(10-11(13)4-5-14)16-6-8-18-9-7-16/h2-3,10H,4-9,14H2,1H3/q+1. The van der Waals surface area contributed by atoms with Crippen molar-refractivity contribution in [2.75, 3.05) is 44.8 Å². The van der Waals surface area contributed by atoms with E-state index in [4.69, 9.17) is 10.5 Å². The third kappa shape index (κ3) is 2.86. The molecule has 0 radical (unpaired) electrons. The van der Waals surface area contributed by atoms with Crippen molar-refractivity contribution in [3.63, 3.8) is 0 Å². The van der Waals surface area contributed by atoms with Crippen molar-refractivity contribution in [1.82, 2.24) is 0 Å². The molecule has 0 unspecified atom stereocenters. The van der Waals surface area contributed by atoms with E-state index in [2.05, 4.69) is 11.0 Å². The van der Waals surface area contributed by atoms with Gasteiger partial charge in [-0.2, -0.15) is 0 Å². The van der Waals surface area contributed by atoms with Gasteiger partial charge in [0.05, 0.1) is 13.2 Å². The zero-order valence-corrected chi connectivity index (χ0v) is 10.8. The van der Waals surface area contributed by atoms with Crippen LogP contribution in [0, 0.1) is 4.91 Å². The third-order valence-corrected chi connectivity index (χ3v) is 3.19. The van der Waals surface area contributed by atoms with Gasteiger partial charge >= 0.3 is 0 Å². The Labute approximate surface area is 107 Å². The Bertz CT molecular complexity index is 428. The lowest BCUT2D eigenvalue weighted by Gasteiger charge is -2.29. The normalized spacial score (nSPS) is 15.8. The highest BCUT2D eigenvalue weighted by molar-refractivity contribution is 5.56. The minimum atomic E-state index is 0.549. The average Bonchev–Trinajstić information content (AvgIpc) is 2.40. The van der Waals surface area contributed by atoms with Crippen molar-refractivity contribution >= 4 is 11.4 Å². The summed E-state index contributed by atoms with van der Waals surface area (Å²) < 4.78 is 6.24. The summed E-state index contributed by atoms with van der Waals surface area (Å²) in [5, 5.41) is 0. The van der Waals surface area contributed by atoms with Crippen molar-refractivity contribution in [2.24, 2.45) is 5.73 Å². The molecule has 5 heteroatoms. The van der Waals surface area contributed by atoms with Gasteiger partial charge in [0.25, 0.3) is 5.69 Å². The van der Waals surface area contributed by atoms with Gasteiger partial charge in [-0.05, 0) is 25.1 Å². The Morgan fingerprint density at radius 2 is 2.11 bits per heavy atom. The van der Waals surface area contributed by atoms with Crippen LogP contribution < -0.4 is 10.6 Å². The van der Waals surface area contributed by atoms with E-state index in [1.165, 1.54) is 7.05 Å². The molecule has 2 rings (SSSR count). The SMILES string of the molecule is C[N+](=O)c1ccc(N2CCOCC2)cc1CCN. The number of nitroso groups, excluding NO2 is 1. The maximum Gasteiger partial charge on any atom is 0.258 e. The lowest BCUT2D eigenvalue weighted by molar-refractivity contribution is -0.428. The molecule has 1 aromatic carbocycles. The Hall–Kier alpha value is -1.46. The number of benzene rings is 1. The van der Waals surface area contributed by atoms with Crippen molar-refractivity contribution in [2.45, 2.75) is 6.42 Å². The molecule has 18 heavy (non-hydrogen) atoms. The van der Waals surface area contributed by atoms with Crippen LogP contribution in [0.4, 0.5) is 11.4 Å². The predicted octanol–water partition coefficient (Wildman–Crippen LogP) is 1.06. The second-order valence-electron chi connectivity index (χ2n) is 4.45. The number of anilines is 1. The van der Waals surface area contributed by atoms with E-state index in [0.717, 1.165) is 48.7 Å². The topological polar surface area (TPSA) is 58.6 Å². The van der Waals surface area contributed by atoms with Gasteiger partial charge in [-0.25, -0.2) is 0 Å². The first-order chi connectivity index (χ1) is 8.72. The summed E-state index contributed by atoms with van der Waals surface area (Å²) in [6.45, 7) is 3.86. The van der Waals surface area contributed by atoms with Crippen LogP contribution in [-0.4, -0.2) is 44.7 Å². The molecule has 0 bridgehead atoms. The van der Waals surface area contributed by atoms with Crippen LogP contribution in [0.25, 0.3) is 0 Å². The van der Waals surface area contributed by atoms with Crippen molar-refractivity contribution in [1.29, 1.82) is 0 Å². The zero-order valence-electron chi connectivity index (χ0n) is 10.8. The summed E-state index contributed by atoms with van der Waals surface area (Å²) in [5.41, 5.74) is 8.47. The Balaban J connectivity index is 2.26. The predicted molar refractivity (Wildman–Crippen MR) is 71.4 cm³/mol. The van der Waals surface area contributed by atoms with Crippen LogP contribution in [0.1, 0.15) is 5.56 Å². The minimum absolute atomic E-state index is 0.549. The average molecular weight is 250 g/mol. The molecule has 0 atom stereocenters. The van der Waals surface area contributed by atoms with Gasteiger partial charge in [-0.3, -0.25) is 0 Å². The lowest BCUT2D eigenvalue weighted by atomic mass is 10.1. The van der Waals surface area contributed by atoms with E-state index >= 15 is 0 Å². The number of hydrogen-bond acceptors (Lipinski definition) is 4. The smallest absolute Gasteiger partial charge is 0.258 e. The van der Waals surface area contributed by atoms with Crippen molar-refractivity contribution < 1.29 is 9.50 Å². The summed E-state index contributed by atoms with van der Waals surface area (Å²) in [6.07, 6.45) is 0.722. The highest BCUT2D eigenvalue weighted by Crippen LogP contribution is 2.25. The first-order valence-corrected chi connectivity index (χ1v) is 6.29. The van der Waals surface area contributed by atoms with Gasteiger partial charge in [-0.1, -0.05) is 0 Å². The van der Waals surface area contributed by atoms with E-state index in [1.807, 2.05) is 12.1 Å². The Kier molecular flexibility index (Phi) is 4.28. The molecular weight excluding hydrogens is 230 g/mol. The first-order valence-electron chi connectivity index (χ1n) is 6.29. The van der Waals surface area contributed by atoms with Crippen LogP contribution in [0.5, 0.6) is 0 Å². The molecule has 1 saturated heterocycles. The van der Waals surface area contributed by atoms with Crippen LogP contribution in [0.2, 0.25) is 0 Å². The van der Waals surface area contributed by atoms with Crippen molar-refractivity contribution in [3.8, 4) is 0 Å². The number of hydrogen-bond donors (Lipinski definition) is 1. The second-order valence-corrected chi connectivity index (χ2v) is 4.45. The Morgan fingerprint density at radius 1 is 1.39 bits per heavy atom. The van der Waals surface area contributed by atoms with Crippen molar-refractivity contribution in [3.05, 3.63) is 28.7 Å². The molecular formula is C13H20N3O2+. The number of morpholine rings is 1. The molecule has 0 saturated carbocycles. The quantitative estimate of drug-likeness (QED) is 0.812. The lowest BCUT2D eigenvalue weighted by Crippen LogP contribution is -2.36. The van der Waals surface area contributed by atoms with E-state index < -0.39 is 0 Å². The fourth-order valence-corrected chi connectivity index (χ4v) is 2.25. The molecule has 98 valence electrons. The minimum Gasteiger partial charge on any atom is -0.378 e. The summed E-state index contributed by atoms with van der Waals surface area (Å²) in [6, 6.07) is 5.94. The van der Waals surface area contributed by atoms with Crippen LogP contribution in [0.3, 0.4) is 0 Å². The largest absolute Gasteiger partial charge is 0.378 e. The number of ether oxygens (including phenoxy) is 1. The molecule has 1 aliphatic heterocycles. The first kappa shape index (κ1) is 13.0. The van der Waals surface area contributed by atoms with Crippen LogP contribution in [0.15, 0.2) is 18.2 Å². The molecule has 1 heterocycles. The maximum absolute atomic E-state index is 11.5. The Morgan fingerprint density at radius 3 is 2.72 bits per heavy atom. The number of nitrogens with two attached hydrogens (primary N) is 1. The van der Waals surface area contributed by atoms with Gasteiger partial charge < -0.3 is 15.4 Å². The highest BCUT2D eigenvalue weighted by Gasteiger charge is 2.17. The van der Waals surface area contributed by atoms with E-state index in [-0.39, 0.29) is 0 Å². The molecule has 0 spiro atoms. The molecule has 5 nitrogen and oxygen atoms in total. The van der Waals surface area contributed by atoms with E-state index in [9.17, 15) is 4.91 Å². The van der Waals surface area contributed by atoms with E-state index in [1.54, 1.807) is 0 Å². The van der Waals surface area contributed by atoms with Crippen LogP contribution >= 0.6 is 0 Å².